The molecule has 0 fully saturated rings. The van der Waals surface area contributed by atoms with Crippen LogP contribution in [0.3, 0.4) is 0 Å². The van der Waals surface area contributed by atoms with Crippen LogP contribution in [-0.2, 0) is 0 Å². The zero-order valence-corrected chi connectivity index (χ0v) is 12.5. The van der Waals surface area contributed by atoms with Gasteiger partial charge in [0.2, 0.25) is 0 Å². The molecule has 0 aliphatic rings. The number of rotatable bonds is 3. The van der Waals surface area contributed by atoms with Crippen LogP contribution in [0.1, 0.15) is 18.5 Å². The molecule has 0 bridgehead atoms. The molecule has 0 aromatic heterocycles. The first-order valence-corrected chi connectivity index (χ1v) is 6.83. The number of nitrogens with two attached hydrogens (primary N) is 1. The minimum absolute atomic E-state index is 0.0396. The van der Waals surface area contributed by atoms with E-state index in [2.05, 4.69) is 15.9 Å². The molecule has 2 rings (SSSR count). The van der Waals surface area contributed by atoms with Gasteiger partial charge in [-0.05, 0) is 36.8 Å². The molecule has 4 heteroatoms. The monoisotopic (exact) mass is 322 g/mol. The number of hydrogen-bond acceptors (Lipinski definition) is 2. The number of anilines is 2. The van der Waals surface area contributed by atoms with Gasteiger partial charge in [0, 0.05) is 23.2 Å². The van der Waals surface area contributed by atoms with Gasteiger partial charge in [0.05, 0.1) is 5.69 Å². The molecule has 1 atom stereocenters. The summed E-state index contributed by atoms with van der Waals surface area (Å²) >= 11 is 3.51. The van der Waals surface area contributed by atoms with Crippen LogP contribution in [0.15, 0.2) is 46.9 Å². The van der Waals surface area contributed by atoms with Gasteiger partial charge in [-0.15, -0.1) is 0 Å². The molecule has 0 saturated carbocycles. The Morgan fingerprint density at radius 2 is 1.89 bits per heavy atom. The molecule has 2 N–H and O–H groups in total. The van der Waals surface area contributed by atoms with E-state index in [1.165, 1.54) is 6.07 Å². The fourth-order valence-corrected chi connectivity index (χ4v) is 2.68. The standard InChI is InChI=1S/C15H16BrFN2/c1-10(18)12-8-7-11(9-13(12)16)19(2)15-6-4-3-5-14(15)17/h3-10H,18H2,1-2H3/t10-/m1/s1. The molecule has 2 aromatic rings. The minimum atomic E-state index is -0.239. The van der Waals surface area contributed by atoms with Gasteiger partial charge in [0.15, 0.2) is 0 Å². The lowest BCUT2D eigenvalue weighted by Crippen LogP contribution is -2.12. The zero-order chi connectivity index (χ0) is 14.0. The highest BCUT2D eigenvalue weighted by molar-refractivity contribution is 9.10. The van der Waals surface area contributed by atoms with Gasteiger partial charge in [-0.2, -0.15) is 0 Å². The van der Waals surface area contributed by atoms with Gasteiger partial charge in [-0.1, -0.05) is 34.1 Å². The molecule has 0 spiro atoms. The molecule has 19 heavy (non-hydrogen) atoms. The highest BCUT2D eigenvalue weighted by atomic mass is 79.9. The van der Waals surface area contributed by atoms with Crippen molar-refractivity contribution < 1.29 is 4.39 Å². The van der Waals surface area contributed by atoms with E-state index in [1.807, 2.05) is 43.1 Å². The molecule has 0 unspecified atom stereocenters. The van der Waals surface area contributed by atoms with E-state index in [0.717, 1.165) is 15.7 Å². The second kappa shape index (κ2) is 5.72. The van der Waals surface area contributed by atoms with Crippen molar-refractivity contribution in [1.29, 1.82) is 0 Å². The summed E-state index contributed by atoms with van der Waals surface area (Å²) in [5.74, 6) is -0.239. The fourth-order valence-electron chi connectivity index (χ4n) is 1.96. The van der Waals surface area contributed by atoms with Gasteiger partial charge >= 0.3 is 0 Å². The van der Waals surface area contributed by atoms with Crippen LogP contribution < -0.4 is 10.6 Å². The highest BCUT2D eigenvalue weighted by Gasteiger charge is 2.11. The quantitative estimate of drug-likeness (QED) is 0.908. The van der Waals surface area contributed by atoms with Crippen molar-refractivity contribution in [2.45, 2.75) is 13.0 Å². The fraction of sp³-hybridized carbons (Fsp3) is 0.200. The lowest BCUT2D eigenvalue weighted by molar-refractivity contribution is 0.627. The average molecular weight is 323 g/mol. The van der Waals surface area contributed by atoms with Crippen LogP contribution in [0.5, 0.6) is 0 Å². The SMILES string of the molecule is C[C@@H](N)c1ccc(N(C)c2ccccc2F)cc1Br. The van der Waals surface area contributed by atoms with Crippen molar-refractivity contribution in [3.63, 3.8) is 0 Å². The van der Waals surface area contributed by atoms with Crippen molar-refractivity contribution in [1.82, 2.24) is 0 Å². The summed E-state index contributed by atoms with van der Waals surface area (Å²) < 4.78 is 14.7. The highest BCUT2D eigenvalue weighted by Crippen LogP contribution is 2.31. The van der Waals surface area contributed by atoms with Gasteiger partial charge < -0.3 is 10.6 Å². The molecule has 100 valence electrons. The zero-order valence-electron chi connectivity index (χ0n) is 10.9. The number of benzene rings is 2. The van der Waals surface area contributed by atoms with Crippen molar-refractivity contribution in [2.75, 3.05) is 11.9 Å². The number of halogens is 2. The third kappa shape index (κ3) is 2.96. The summed E-state index contributed by atoms with van der Waals surface area (Å²) in [6.07, 6.45) is 0. The van der Waals surface area contributed by atoms with Gasteiger partial charge in [-0.3, -0.25) is 0 Å². The Hall–Kier alpha value is -1.39. The van der Waals surface area contributed by atoms with E-state index in [4.69, 9.17) is 5.73 Å². The second-order valence-electron chi connectivity index (χ2n) is 4.50. The maximum Gasteiger partial charge on any atom is 0.146 e. The van der Waals surface area contributed by atoms with Crippen LogP contribution in [0.4, 0.5) is 15.8 Å². The molecule has 2 aromatic carbocycles. The third-order valence-electron chi connectivity index (χ3n) is 3.08. The minimum Gasteiger partial charge on any atom is -0.342 e. The Bertz CT molecular complexity index is 584. The molecular formula is C15H16BrFN2. The first kappa shape index (κ1) is 14.0. The number of nitrogens with zero attached hydrogens (tertiary/aromatic N) is 1. The summed E-state index contributed by atoms with van der Waals surface area (Å²) in [6, 6.07) is 12.5. The maximum absolute atomic E-state index is 13.8. The Morgan fingerprint density at radius 1 is 1.21 bits per heavy atom. The molecule has 0 saturated heterocycles. The Balaban J connectivity index is 2.38. The molecule has 2 nitrogen and oxygen atoms in total. The predicted molar refractivity (Wildman–Crippen MR) is 81.2 cm³/mol. The number of para-hydroxylation sites is 1. The smallest absolute Gasteiger partial charge is 0.146 e. The van der Waals surface area contributed by atoms with E-state index in [9.17, 15) is 4.39 Å². The van der Waals surface area contributed by atoms with Gasteiger partial charge in [0.1, 0.15) is 5.82 Å². The van der Waals surface area contributed by atoms with E-state index in [0.29, 0.717) is 5.69 Å². The van der Waals surface area contributed by atoms with Crippen molar-refractivity contribution >= 4 is 27.3 Å². The van der Waals surface area contributed by atoms with Crippen LogP contribution >= 0.6 is 15.9 Å². The lowest BCUT2D eigenvalue weighted by atomic mass is 10.1. The van der Waals surface area contributed by atoms with E-state index >= 15 is 0 Å². The molecular weight excluding hydrogens is 307 g/mol. The summed E-state index contributed by atoms with van der Waals surface area (Å²) in [7, 11) is 1.84. The second-order valence-corrected chi connectivity index (χ2v) is 5.36. The summed E-state index contributed by atoms with van der Waals surface area (Å²) in [5.41, 5.74) is 8.35. The van der Waals surface area contributed by atoms with Crippen LogP contribution in [-0.4, -0.2) is 7.05 Å². The van der Waals surface area contributed by atoms with Gasteiger partial charge in [-0.25, -0.2) is 4.39 Å². The third-order valence-corrected chi connectivity index (χ3v) is 3.76. The van der Waals surface area contributed by atoms with E-state index < -0.39 is 0 Å². The first-order valence-electron chi connectivity index (χ1n) is 6.04. The van der Waals surface area contributed by atoms with Crippen LogP contribution in [0.25, 0.3) is 0 Å². The largest absolute Gasteiger partial charge is 0.342 e. The molecule has 0 amide bonds. The number of hydrogen-bond donors (Lipinski definition) is 1. The van der Waals surface area contributed by atoms with Crippen molar-refractivity contribution in [3.05, 3.63) is 58.3 Å². The normalized spacial score (nSPS) is 12.3. The molecule has 0 heterocycles. The van der Waals surface area contributed by atoms with Crippen molar-refractivity contribution in [2.24, 2.45) is 5.73 Å². The first-order chi connectivity index (χ1) is 9.00. The molecule has 0 aliphatic heterocycles. The maximum atomic E-state index is 13.8. The van der Waals surface area contributed by atoms with E-state index in [1.54, 1.807) is 12.1 Å². The lowest BCUT2D eigenvalue weighted by Gasteiger charge is -2.21. The van der Waals surface area contributed by atoms with E-state index in [-0.39, 0.29) is 11.9 Å². The van der Waals surface area contributed by atoms with Crippen LogP contribution in [0, 0.1) is 5.82 Å². The Labute approximate surface area is 121 Å². The Morgan fingerprint density at radius 3 is 2.47 bits per heavy atom. The van der Waals surface area contributed by atoms with Crippen LogP contribution in [0.2, 0.25) is 0 Å². The summed E-state index contributed by atoms with van der Waals surface area (Å²) in [4.78, 5) is 1.81. The Kier molecular flexibility index (Phi) is 4.22. The van der Waals surface area contributed by atoms with Crippen molar-refractivity contribution in [3.8, 4) is 0 Å². The summed E-state index contributed by atoms with van der Waals surface area (Å²) in [5, 5.41) is 0. The average Bonchev–Trinajstić information content (AvgIpc) is 2.38. The predicted octanol–water partition coefficient (Wildman–Crippen LogP) is 4.38. The topological polar surface area (TPSA) is 29.3 Å². The van der Waals surface area contributed by atoms with Gasteiger partial charge in [0.25, 0.3) is 0 Å². The molecule has 0 radical (unpaired) electrons. The summed E-state index contributed by atoms with van der Waals surface area (Å²) in [6.45, 7) is 1.93. The molecule has 0 aliphatic carbocycles.